The molecule has 1 fully saturated rings. The molecule has 0 bridgehead atoms. The molecule has 2 atom stereocenters. The molecule has 0 aromatic heterocycles. The van der Waals surface area contributed by atoms with Crippen molar-refractivity contribution in [3.05, 3.63) is 47.0 Å². The first kappa shape index (κ1) is 17.8. The minimum atomic E-state index is -0.463. The standard InChI is InChI=1S/C21H30O2/c1-6-7-13-20(14-17(4)16(2)3)15-21(20,19(22)23-5)18-11-9-8-10-12-18/h8-12H,6-7,13-15H2,1-5H3. The van der Waals surface area contributed by atoms with Crippen molar-refractivity contribution in [3.8, 4) is 0 Å². The number of carbonyl (C=O) groups is 1. The van der Waals surface area contributed by atoms with Crippen LogP contribution in [0.5, 0.6) is 0 Å². The summed E-state index contributed by atoms with van der Waals surface area (Å²) in [5.41, 5.74) is 3.43. The molecule has 0 N–H and O–H groups in total. The first-order valence-electron chi connectivity index (χ1n) is 8.70. The molecule has 0 aliphatic heterocycles. The second-order valence-corrected chi connectivity index (χ2v) is 7.28. The first-order valence-corrected chi connectivity index (χ1v) is 8.70. The lowest BCUT2D eigenvalue weighted by Gasteiger charge is -2.26. The van der Waals surface area contributed by atoms with Gasteiger partial charge in [-0.05, 0) is 51.0 Å². The Morgan fingerprint density at radius 3 is 2.35 bits per heavy atom. The summed E-state index contributed by atoms with van der Waals surface area (Å²) in [7, 11) is 1.52. The van der Waals surface area contributed by atoms with Crippen LogP contribution in [0.2, 0.25) is 0 Å². The van der Waals surface area contributed by atoms with Gasteiger partial charge < -0.3 is 4.74 Å². The molecular formula is C21H30O2. The zero-order valence-corrected chi connectivity index (χ0v) is 15.2. The molecule has 2 nitrogen and oxygen atoms in total. The van der Waals surface area contributed by atoms with Crippen LogP contribution in [0.25, 0.3) is 0 Å². The molecule has 0 radical (unpaired) electrons. The van der Waals surface area contributed by atoms with Crippen LogP contribution in [-0.4, -0.2) is 13.1 Å². The molecule has 1 saturated carbocycles. The number of ether oxygens (including phenoxy) is 1. The monoisotopic (exact) mass is 314 g/mol. The molecule has 2 heteroatoms. The van der Waals surface area contributed by atoms with Crippen LogP contribution in [-0.2, 0) is 14.9 Å². The molecule has 1 aromatic carbocycles. The van der Waals surface area contributed by atoms with Gasteiger partial charge in [-0.15, -0.1) is 0 Å². The lowest BCUT2D eigenvalue weighted by Crippen LogP contribution is -2.30. The van der Waals surface area contributed by atoms with E-state index in [1.807, 2.05) is 18.2 Å². The summed E-state index contributed by atoms with van der Waals surface area (Å²) in [6, 6.07) is 10.2. The summed E-state index contributed by atoms with van der Waals surface area (Å²) >= 11 is 0. The normalized spacial score (nSPS) is 25.8. The number of unbranched alkanes of at least 4 members (excludes halogenated alkanes) is 1. The summed E-state index contributed by atoms with van der Waals surface area (Å²) < 4.78 is 5.25. The fourth-order valence-corrected chi connectivity index (χ4v) is 3.98. The van der Waals surface area contributed by atoms with Crippen LogP contribution in [0.15, 0.2) is 41.5 Å². The highest BCUT2D eigenvalue weighted by Gasteiger charge is 2.72. The maximum absolute atomic E-state index is 12.8. The van der Waals surface area contributed by atoms with Gasteiger partial charge in [-0.2, -0.15) is 0 Å². The van der Waals surface area contributed by atoms with E-state index in [1.165, 1.54) is 18.3 Å². The third-order valence-corrected chi connectivity index (χ3v) is 5.65. The van der Waals surface area contributed by atoms with Crippen molar-refractivity contribution in [1.29, 1.82) is 0 Å². The van der Waals surface area contributed by atoms with Crippen LogP contribution in [0.4, 0.5) is 0 Å². The maximum Gasteiger partial charge on any atom is 0.316 e. The number of allylic oxidation sites excluding steroid dienone is 2. The van der Waals surface area contributed by atoms with Crippen LogP contribution < -0.4 is 0 Å². The van der Waals surface area contributed by atoms with E-state index in [-0.39, 0.29) is 11.4 Å². The van der Waals surface area contributed by atoms with Gasteiger partial charge in [-0.3, -0.25) is 4.79 Å². The average molecular weight is 314 g/mol. The number of carbonyl (C=O) groups excluding carboxylic acids is 1. The summed E-state index contributed by atoms with van der Waals surface area (Å²) in [4.78, 5) is 12.8. The molecule has 23 heavy (non-hydrogen) atoms. The van der Waals surface area contributed by atoms with Crippen LogP contribution in [0.1, 0.15) is 65.4 Å². The van der Waals surface area contributed by atoms with E-state index >= 15 is 0 Å². The number of methoxy groups -OCH3 is 1. The zero-order chi connectivity index (χ0) is 17.1. The molecule has 1 aliphatic rings. The Bertz CT molecular complexity index is 583. The van der Waals surface area contributed by atoms with E-state index in [9.17, 15) is 4.79 Å². The van der Waals surface area contributed by atoms with Crippen molar-refractivity contribution < 1.29 is 9.53 Å². The van der Waals surface area contributed by atoms with Gasteiger partial charge >= 0.3 is 5.97 Å². The molecule has 1 aliphatic carbocycles. The Balaban J connectivity index is 2.46. The van der Waals surface area contributed by atoms with Crippen molar-refractivity contribution in [2.45, 2.75) is 65.2 Å². The molecule has 0 spiro atoms. The fraction of sp³-hybridized carbons (Fsp3) is 0.571. The summed E-state index contributed by atoms with van der Waals surface area (Å²) in [6.07, 6.45) is 5.28. The first-order chi connectivity index (χ1) is 10.9. The van der Waals surface area contributed by atoms with Crippen molar-refractivity contribution in [2.24, 2.45) is 5.41 Å². The van der Waals surface area contributed by atoms with Gasteiger partial charge in [-0.25, -0.2) is 0 Å². The highest BCUT2D eigenvalue weighted by atomic mass is 16.5. The highest BCUT2D eigenvalue weighted by molar-refractivity contribution is 5.89. The van der Waals surface area contributed by atoms with Gasteiger partial charge in [0.05, 0.1) is 12.5 Å². The Labute approximate surface area is 140 Å². The second kappa shape index (κ2) is 6.90. The molecule has 1 aromatic rings. The third-order valence-electron chi connectivity index (χ3n) is 5.65. The summed E-state index contributed by atoms with van der Waals surface area (Å²) in [6.45, 7) is 8.74. The molecule has 0 heterocycles. The lowest BCUT2D eigenvalue weighted by molar-refractivity contribution is -0.145. The Morgan fingerprint density at radius 2 is 1.83 bits per heavy atom. The molecule has 0 amide bonds. The third kappa shape index (κ3) is 3.08. The average Bonchev–Trinajstić information content (AvgIpc) is 3.22. The second-order valence-electron chi connectivity index (χ2n) is 7.28. The van der Waals surface area contributed by atoms with Gasteiger partial charge in [0.15, 0.2) is 0 Å². The van der Waals surface area contributed by atoms with Crippen LogP contribution in [0.3, 0.4) is 0 Å². The smallest absolute Gasteiger partial charge is 0.316 e. The van der Waals surface area contributed by atoms with E-state index in [2.05, 4.69) is 39.8 Å². The molecule has 0 saturated heterocycles. The predicted molar refractivity (Wildman–Crippen MR) is 95.4 cm³/mol. The minimum Gasteiger partial charge on any atom is -0.468 e. The van der Waals surface area contributed by atoms with Crippen LogP contribution in [0, 0.1) is 5.41 Å². The van der Waals surface area contributed by atoms with Gasteiger partial charge in [0, 0.05) is 0 Å². The maximum atomic E-state index is 12.8. The van der Waals surface area contributed by atoms with Gasteiger partial charge in [0.1, 0.15) is 0 Å². The van der Waals surface area contributed by atoms with Crippen molar-refractivity contribution >= 4 is 5.97 Å². The van der Waals surface area contributed by atoms with E-state index < -0.39 is 5.41 Å². The highest BCUT2D eigenvalue weighted by Crippen LogP contribution is 2.70. The van der Waals surface area contributed by atoms with Crippen LogP contribution >= 0.6 is 0 Å². The Morgan fingerprint density at radius 1 is 1.17 bits per heavy atom. The lowest BCUT2D eigenvalue weighted by atomic mass is 9.78. The fourth-order valence-electron chi connectivity index (χ4n) is 3.98. The number of hydrogen-bond donors (Lipinski definition) is 0. The van der Waals surface area contributed by atoms with Crippen molar-refractivity contribution in [3.63, 3.8) is 0 Å². The molecular weight excluding hydrogens is 284 g/mol. The summed E-state index contributed by atoms with van der Waals surface area (Å²) in [5, 5.41) is 0. The minimum absolute atomic E-state index is 0.0127. The Hall–Kier alpha value is -1.57. The SMILES string of the molecule is CCCCC1(CC(C)=C(C)C)CC1(C(=O)OC)c1ccccc1. The largest absolute Gasteiger partial charge is 0.468 e. The summed E-state index contributed by atoms with van der Waals surface area (Å²) in [5.74, 6) is -0.0682. The van der Waals surface area contributed by atoms with E-state index in [1.54, 1.807) is 0 Å². The molecule has 126 valence electrons. The number of rotatable bonds is 7. The zero-order valence-electron chi connectivity index (χ0n) is 15.2. The van der Waals surface area contributed by atoms with Gasteiger partial charge in [0.2, 0.25) is 0 Å². The number of hydrogen-bond acceptors (Lipinski definition) is 2. The quantitative estimate of drug-likeness (QED) is 0.496. The molecule has 2 unspecified atom stereocenters. The van der Waals surface area contributed by atoms with Gasteiger partial charge in [-0.1, -0.05) is 61.2 Å². The number of esters is 1. The topological polar surface area (TPSA) is 26.3 Å². The van der Waals surface area contributed by atoms with E-state index in [0.717, 1.165) is 37.7 Å². The van der Waals surface area contributed by atoms with E-state index in [0.29, 0.717) is 0 Å². The number of benzene rings is 1. The van der Waals surface area contributed by atoms with E-state index in [4.69, 9.17) is 4.74 Å². The van der Waals surface area contributed by atoms with Crippen molar-refractivity contribution in [1.82, 2.24) is 0 Å². The molecule has 2 rings (SSSR count). The van der Waals surface area contributed by atoms with Gasteiger partial charge in [0.25, 0.3) is 0 Å². The predicted octanol–water partition coefficient (Wildman–Crippen LogP) is 5.42. The van der Waals surface area contributed by atoms with Crippen molar-refractivity contribution in [2.75, 3.05) is 7.11 Å². The Kier molecular flexibility index (Phi) is 5.33.